The summed E-state index contributed by atoms with van der Waals surface area (Å²) in [6, 6.07) is 5.94. The Morgan fingerprint density at radius 2 is 2.09 bits per heavy atom. The van der Waals surface area contributed by atoms with Gasteiger partial charge in [-0.1, -0.05) is 12.5 Å². The van der Waals surface area contributed by atoms with Crippen molar-refractivity contribution < 1.29 is 14.3 Å². The van der Waals surface area contributed by atoms with E-state index < -0.39 is 0 Å². The van der Waals surface area contributed by atoms with Gasteiger partial charge in [-0.25, -0.2) is 0 Å². The standard InChI is InChI=1S/C17H24N2O3/c1-11(19-17(20)10-13-3-2-4-14(13)18)12-5-6-15-16(9-12)22-8-7-21-15/h5-6,9,11,13-14H,2-4,7-8,10,18H2,1H3,(H,19,20)/t11?,13-,14+/m0/s1. The quantitative estimate of drug-likeness (QED) is 0.894. The SMILES string of the molecule is CC(NC(=O)C[C@@H]1CCC[C@H]1N)c1ccc2c(c1)OCCO2. The Kier molecular flexibility index (Phi) is 4.52. The maximum absolute atomic E-state index is 12.2. The zero-order valence-corrected chi connectivity index (χ0v) is 13.0. The number of rotatable bonds is 4. The van der Waals surface area contributed by atoms with Gasteiger partial charge in [0.15, 0.2) is 11.5 Å². The van der Waals surface area contributed by atoms with Crippen LogP contribution in [0.5, 0.6) is 11.5 Å². The fourth-order valence-corrected chi connectivity index (χ4v) is 3.27. The maximum atomic E-state index is 12.2. The number of nitrogens with one attached hydrogen (secondary N) is 1. The van der Waals surface area contributed by atoms with Crippen LogP contribution in [0.3, 0.4) is 0 Å². The van der Waals surface area contributed by atoms with Crippen LogP contribution in [0.1, 0.15) is 44.2 Å². The van der Waals surface area contributed by atoms with E-state index in [-0.39, 0.29) is 18.0 Å². The summed E-state index contributed by atoms with van der Waals surface area (Å²) in [5, 5.41) is 3.06. The molecule has 1 amide bonds. The van der Waals surface area contributed by atoms with Crippen molar-refractivity contribution in [1.82, 2.24) is 5.32 Å². The molecule has 3 atom stereocenters. The first-order valence-electron chi connectivity index (χ1n) is 8.08. The molecule has 0 radical (unpaired) electrons. The Bertz CT molecular complexity index is 547. The molecule has 1 aromatic rings. The van der Waals surface area contributed by atoms with Gasteiger partial charge in [0.05, 0.1) is 6.04 Å². The molecular weight excluding hydrogens is 280 g/mol. The molecule has 1 fully saturated rings. The van der Waals surface area contributed by atoms with Crippen LogP contribution in [-0.4, -0.2) is 25.2 Å². The van der Waals surface area contributed by atoms with Gasteiger partial charge >= 0.3 is 0 Å². The molecule has 3 rings (SSSR count). The highest BCUT2D eigenvalue weighted by Crippen LogP contribution is 2.33. The van der Waals surface area contributed by atoms with Crippen LogP contribution in [0.15, 0.2) is 18.2 Å². The number of hydrogen-bond donors (Lipinski definition) is 2. The normalized spacial score (nSPS) is 24.8. The molecule has 1 aromatic carbocycles. The van der Waals surface area contributed by atoms with Crippen LogP contribution < -0.4 is 20.5 Å². The average molecular weight is 304 g/mol. The summed E-state index contributed by atoms with van der Waals surface area (Å²) in [4.78, 5) is 12.2. The lowest BCUT2D eigenvalue weighted by atomic mass is 9.99. The minimum Gasteiger partial charge on any atom is -0.486 e. The molecule has 5 heteroatoms. The van der Waals surface area contributed by atoms with E-state index in [0.717, 1.165) is 36.3 Å². The Morgan fingerprint density at radius 1 is 1.32 bits per heavy atom. The summed E-state index contributed by atoms with van der Waals surface area (Å²) in [6.07, 6.45) is 3.76. The zero-order chi connectivity index (χ0) is 15.5. The molecule has 1 aliphatic heterocycles. The number of amides is 1. The Hall–Kier alpha value is -1.75. The van der Waals surface area contributed by atoms with Crippen molar-refractivity contribution in [1.29, 1.82) is 0 Å². The van der Waals surface area contributed by atoms with Gasteiger partial charge in [0, 0.05) is 12.5 Å². The molecule has 1 heterocycles. The first-order valence-corrected chi connectivity index (χ1v) is 8.08. The predicted octanol–water partition coefficient (Wildman–Crippen LogP) is 2.15. The van der Waals surface area contributed by atoms with Gasteiger partial charge in [0.2, 0.25) is 5.91 Å². The topological polar surface area (TPSA) is 73.6 Å². The molecule has 120 valence electrons. The number of carbonyl (C=O) groups excluding carboxylic acids is 1. The number of ether oxygens (including phenoxy) is 2. The molecule has 0 spiro atoms. The Labute approximate surface area is 131 Å². The van der Waals surface area contributed by atoms with Crippen LogP contribution in [0.4, 0.5) is 0 Å². The van der Waals surface area contributed by atoms with Crippen LogP contribution in [-0.2, 0) is 4.79 Å². The first kappa shape index (κ1) is 15.2. The number of benzene rings is 1. The third-order valence-electron chi connectivity index (χ3n) is 4.61. The van der Waals surface area contributed by atoms with Gasteiger partial charge in [-0.2, -0.15) is 0 Å². The number of hydrogen-bond acceptors (Lipinski definition) is 4. The molecule has 0 aromatic heterocycles. The van der Waals surface area contributed by atoms with Gasteiger partial charge in [-0.05, 0) is 43.4 Å². The summed E-state index contributed by atoms with van der Waals surface area (Å²) >= 11 is 0. The molecule has 1 unspecified atom stereocenters. The van der Waals surface area contributed by atoms with Crippen LogP contribution >= 0.6 is 0 Å². The van der Waals surface area contributed by atoms with E-state index in [0.29, 0.717) is 25.6 Å². The molecule has 0 bridgehead atoms. The molecule has 3 N–H and O–H groups in total. The van der Waals surface area contributed by atoms with Crippen LogP contribution in [0.25, 0.3) is 0 Å². The van der Waals surface area contributed by atoms with Crippen molar-refractivity contribution in [3.8, 4) is 11.5 Å². The lowest BCUT2D eigenvalue weighted by molar-refractivity contribution is -0.122. The van der Waals surface area contributed by atoms with Crippen molar-refractivity contribution in [3.05, 3.63) is 23.8 Å². The smallest absolute Gasteiger partial charge is 0.220 e. The lowest BCUT2D eigenvalue weighted by Crippen LogP contribution is -2.32. The van der Waals surface area contributed by atoms with E-state index in [9.17, 15) is 4.79 Å². The number of nitrogens with two attached hydrogens (primary N) is 1. The van der Waals surface area contributed by atoms with E-state index in [1.807, 2.05) is 25.1 Å². The summed E-state index contributed by atoms with van der Waals surface area (Å²) < 4.78 is 11.1. The van der Waals surface area contributed by atoms with Crippen molar-refractivity contribution in [2.75, 3.05) is 13.2 Å². The number of carbonyl (C=O) groups is 1. The maximum Gasteiger partial charge on any atom is 0.220 e. The van der Waals surface area contributed by atoms with Crippen LogP contribution in [0, 0.1) is 5.92 Å². The molecule has 0 saturated heterocycles. The minimum absolute atomic E-state index is 0.0547. The van der Waals surface area contributed by atoms with Gasteiger partial charge in [-0.15, -0.1) is 0 Å². The summed E-state index contributed by atoms with van der Waals surface area (Å²) in [7, 11) is 0. The van der Waals surface area contributed by atoms with Crippen molar-refractivity contribution in [3.63, 3.8) is 0 Å². The van der Waals surface area contributed by atoms with Gasteiger partial charge in [0.1, 0.15) is 13.2 Å². The second-order valence-corrected chi connectivity index (χ2v) is 6.25. The van der Waals surface area contributed by atoms with E-state index in [4.69, 9.17) is 15.2 Å². The zero-order valence-electron chi connectivity index (χ0n) is 13.0. The van der Waals surface area contributed by atoms with E-state index in [1.54, 1.807) is 0 Å². The second-order valence-electron chi connectivity index (χ2n) is 6.25. The molecular formula is C17H24N2O3. The van der Waals surface area contributed by atoms with Gasteiger partial charge in [0.25, 0.3) is 0 Å². The molecule has 22 heavy (non-hydrogen) atoms. The Balaban J connectivity index is 1.59. The van der Waals surface area contributed by atoms with Crippen LogP contribution in [0.2, 0.25) is 0 Å². The fourth-order valence-electron chi connectivity index (χ4n) is 3.27. The predicted molar refractivity (Wildman–Crippen MR) is 83.9 cm³/mol. The molecule has 5 nitrogen and oxygen atoms in total. The lowest BCUT2D eigenvalue weighted by Gasteiger charge is -2.22. The monoisotopic (exact) mass is 304 g/mol. The van der Waals surface area contributed by atoms with E-state index >= 15 is 0 Å². The first-order chi connectivity index (χ1) is 10.6. The van der Waals surface area contributed by atoms with Crippen molar-refractivity contribution in [2.45, 2.75) is 44.7 Å². The molecule has 1 saturated carbocycles. The largest absolute Gasteiger partial charge is 0.486 e. The summed E-state index contributed by atoms with van der Waals surface area (Å²) in [5.41, 5.74) is 7.06. The third-order valence-corrected chi connectivity index (χ3v) is 4.61. The van der Waals surface area contributed by atoms with E-state index in [1.165, 1.54) is 0 Å². The highest BCUT2D eigenvalue weighted by Gasteiger charge is 2.26. The van der Waals surface area contributed by atoms with Gasteiger partial charge < -0.3 is 20.5 Å². The fraction of sp³-hybridized carbons (Fsp3) is 0.588. The summed E-state index contributed by atoms with van der Waals surface area (Å²) in [6.45, 7) is 3.13. The minimum atomic E-state index is -0.0547. The Morgan fingerprint density at radius 3 is 2.82 bits per heavy atom. The molecule has 1 aliphatic carbocycles. The highest BCUT2D eigenvalue weighted by atomic mass is 16.6. The second kappa shape index (κ2) is 6.57. The average Bonchev–Trinajstić information content (AvgIpc) is 2.91. The van der Waals surface area contributed by atoms with Crippen molar-refractivity contribution >= 4 is 5.91 Å². The molecule has 2 aliphatic rings. The third kappa shape index (κ3) is 3.35. The van der Waals surface area contributed by atoms with Crippen molar-refractivity contribution in [2.24, 2.45) is 11.7 Å². The van der Waals surface area contributed by atoms with E-state index in [2.05, 4.69) is 5.32 Å². The van der Waals surface area contributed by atoms with Gasteiger partial charge in [-0.3, -0.25) is 4.79 Å². The summed E-state index contributed by atoms with van der Waals surface area (Å²) in [5.74, 6) is 1.92. The highest BCUT2D eigenvalue weighted by molar-refractivity contribution is 5.76. The number of fused-ring (bicyclic) bond motifs is 1.